The van der Waals surface area contributed by atoms with Crippen LogP contribution in [0, 0.1) is 0 Å². The first-order chi connectivity index (χ1) is 19.4. The number of carboxylic acid groups (broad SMARTS) is 1. The summed E-state index contributed by atoms with van der Waals surface area (Å²) in [6.07, 6.45) is 4.28. The Hall–Kier alpha value is -4.28. The SMILES string of the molecule is COc1cc(C(=O)O)ccc1OCCCN1C(=O)C(=Cc2ccc(OC)c(-c3ccc4cc[nH]c4c3)c2)SC1=S. The third kappa shape index (κ3) is 5.68. The van der Waals surface area contributed by atoms with Gasteiger partial charge in [-0.15, -0.1) is 0 Å². The van der Waals surface area contributed by atoms with E-state index in [9.17, 15) is 9.59 Å². The van der Waals surface area contributed by atoms with Gasteiger partial charge in [-0.3, -0.25) is 9.69 Å². The first-order valence-corrected chi connectivity index (χ1v) is 13.7. The number of ether oxygens (including phenoxy) is 3. The molecule has 1 aliphatic rings. The van der Waals surface area contributed by atoms with Gasteiger partial charge in [-0.25, -0.2) is 4.79 Å². The van der Waals surface area contributed by atoms with E-state index in [2.05, 4.69) is 23.2 Å². The van der Waals surface area contributed by atoms with Gasteiger partial charge >= 0.3 is 5.97 Å². The maximum absolute atomic E-state index is 13.2. The Morgan fingerprint density at radius 3 is 2.60 bits per heavy atom. The van der Waals surface area contributed by atoms with Crippen molar-refractivity contribution in [3.05, 3.63) is 82.9 Å². The lowest BCUT2D eigenvalue weighted by atomic mass is 10.0. The predicted octanol–water partition coefficient (Wildman–Crippen LogP) is 6.22. The monoisotopic (exact) mass is 574 g/mol. The molecule has 1 saturated heterocycles. The van der Waals surface area contributed by atoms with Crippen LogP contribution in [-0.2, 0) is 4.79 Å². The number of rotatable bonds is 10. The molecule has 0 bridgehead atoms. The van der Waals surface area contributed by atoms with Gasteiger partial charge in [-0.2, -0.15) is 0 Å². The summed E-state index contributed by atoms with van der Waals surface area (Å²) in [5, 5.41) is 10.3. The zero-order valence-corrected chi connectivity index (χ0v) is 23.4. The number of hydrogen-bond donors (Lipinski definition) is 2. The van der Waals surface area contributed by atoms with Crippen LogP contribution in [0.2, 0.25) is 0 Å². The van der Waals surface area contributed by atoms with E-state index >= 15 is 0 Å². The van der Waals surface area contributed by atoms with Gasteiger partial charge in [0, 0.05) is 23.8 Å². The van der Waals surface area contributed by atoms with Gasteiger partial charge in [0.25, 0.3) is 5.91 Å². The largest absolute Gasteiger partial charge is 0.496 e. The molecule has 1 aromatic heterocycles. The Bertz CT molecular complexity index is 1640. The molecule has 40 heavy (non-hydrogen) atoms. The molecule has 0 atom stereocenters. The van der Waals surface area contributed by atoms with Crippen LogP contribution in [0.15, 0.2) is 71.8 Å². The third-order valence-electron chi connectivity index (χ3n) is 6.46. The third-order valence-corrected chi connectivity index (χ3v) is 7.83. The molecule has 204 valence electrons. The summed E-state index contributed by atoms with van der Waals surface area (Å²) in [6, 6.07) is 18.5. The summed E-state index contributed by atoms with van der Waals surface area (Å²) in [4.78, 5) is 29.7. The second-order valence-corrected chi connectivity index (χ2v) is 10.6. The molecule has 0 spiro atoms. The van der Waals surface area contributed by atoms with Gasteiger partial charge in [0.05, 0.1) is 31.3 Å². The number of benzene rings is 3. The van der Waals surface area contributed by atoms with Gasteiger partial charge in [-0.1, -0.05) is 42.2 Å². The number of nitrogens with one attached hydrogen (secondary N) is 1. The first kappa shape index (κ1) is 27.3. The van der Waals surface area contributed by atoms with Gasteiger partial charge in [0.1, 0.15) is 10.1 Å². The Morgan fingerprint density at radius 2 is 1.82 bits per heavy atom. The maximum atomic E-state index is 13.2. The molecule has 4 aromatic rings. The molecule has 0 saturated carbocycles. The topological polar surface area (TPSA) is 101 Å². The number of hydrogen-bond acceptors (Lipinski definition) is 7. The Balaban J connectivity index is 1.26. The number of methoxy groups -OCH3 is 2. The Kier molecular flexibility index (Phi) is 8.09. The number of carbonyl (C=O) groups excluding carboxylic acids is 1. The van der Waals surface area contributed by atoms with Crippen molar-refractivity contribution in [1.82, 2.24) is 9.88 Å². The highest BCUT2D eigenvalue weighted by Crippen LogP contribution is 2.36. The quantitative estimate of drug-likeness (QED) is 0.131. The van der Waals surface area contributed by atoms with E-state index in [1.165, 1.54) is 31.0 Å². The first-order valence-electron chi connectivity index (χ1n) is 12.4. The molecule has 1 aliphatic heterocycles. The number of H-pyrrole nitrogens is 1. The van der Waals surface area contributed by atoms with Crippen molar-refractivity contribution in [2.75, 3.05) is 27.4 Å². The summed E-state index contributed by atoms with van der Waals surface area (Å²) < 4.78 is 17.1. The number of aromatic amines is 1. The summed E-state index contributed by atoms with van der Waals surface area (Å²) in [7, 11) is 3.09. The molecule has 1 fully saturated rings. The zero-order valence-electron chi connectivity index (χ0n) is 21.8. The second-order valence-electron chi connectivity index (χ2n) is 8.95. The molecule has 1 amide bonds. The van der Waals surface area contributed by atoms with Crippen molar-refractivity contribution in [1.29, 1.82) is 0 Å². The van der Waals surface area contributed by atoms with Gasteiger partial charge < -0.3 is 24.3 Å². The summed E-state index contributed by atoms with van der Waals surface area (Å²) in [5.74, 6) is 0.313. The van der Waals surface area contributed by atoms with E-state index in [4.69, 9.17) is 31.5 Å². The van der Waals surface area contributed by atoms with Crippen molar-refractivity contribution in [3.63, 3.8) is 0 Å². The number of thiocarbonyl (C=S) groups is 1. The fourth-order valence-electron chi connectivity index (χ4n) is 4.43. The van der Waals surface area contributed by atoms with Crippen LogP contribution in [0.25, 0.3) is 28.1 Å². The maximum Gasteiger partial charge on any atom is 0.335 e. The van der Waals surface area contributed by atoms with Crippen molar-refractivity contribution in [2.45, 2.75) is 6.42 Å². The van der Waals surface area contributed by atoms with Crippen molar-refractivity contribution in [3.8, 4) is 28.4 Å². The molecular weight excluding hydrogens is 548 g/mol. The standard InChI is InChI=1S/C30H26N2O6S2/c1-36-24-8-4-18(14-22(24)20-6-5-19-10-11-31-23(19)16-20)15-27-28(33)32(30(39)40-27)12-3-13-38-25-9-7-21(29(34)35)17-26(25)37-2/h4-11,14-17,31H,3,12-13H2,1-2H3,(H,34,35). The average molecular weight is 575 g/mol. The highest BCUT2D eigenvalue weighted by molar-refractivity contribution is 8.26. The number of fused-ring (bicyclic) bond motifs is 1. The molecule has 8 nitrogen and oxygen atoms in total. The highest BCUT2D eigenvalue weighted by Gasteiger charge is 2.31. The number of carboxylic acids is 1. The van der Waals surface area contributed by atoms with Gasteiger partial charge in [0.15, 0.2) is 11.5 Å². The number of thioether (sulfide) groups is 1. The summed E-state index contributed by atoms with van der Waals surface area (Å²) in [5.41, 5.74) is 3.93. The molecular formula is C30H26N2O6S2. The highest BCUT2D eigenvalue weighted by atomic mass is 32.2. The van der Waals surface area contributed by atoms with E-state index < -0.39 is 5.97 Å². The van der Waals surface area contributed by atoms with E-state index in [1.54, 1.807) is 18.1 Å². The Labute approximate surface area is 240 Å². The molecule has 10 heteroatoms. The lowest BCUT2D eigenvalue weighted by Crippen LogP contribution is -2.29. The van der Waals surface area contributed by atoms with Gasteiger partial charge in [0.2, 0.25) is 0 Å². The smallest absolute Gasteiger partial charge is 0.335 e. The number of carbonyl (C=O) groups is 2. The molecule has 0 unspecified atom stereocenters. The fourth-order valence-corrected chi connectivity index (χ4v) is 5.73. The molecule has 2 N–H and O–H groups in total. The molecule has 5 rings (SSSR count). The molecule has 3 aromatic carbocycles. The minimum atomic E-state index is -1.05. The molecule has 2 heterocycles. The summed E-state index contributed by atoms with van der Waals surface area (Å²) >= 11 is 6.77. The Morgan fingerprint density at radius 1 is 1.02 bits per heavy atom. The van der Waals surface area contributed by atoms with Gasteiger partial charge in [-0.05, 0) is 71.5 Å². The van der Waals surface area contributed by atoms with Crippen LogP contribution >= 0.6 is 24.0 Å². The van der Waals surface area contributed by atoms with Crippen LogP contribution in [-0.4, -0.2) is 58.6 Å². The van der Waals surface area contributed by atoms with Crippen molar-refractivity contribution in [2.24, 2.45) is 0 Å². The average Bonchev–Trinajstić information content (AvgIpc) is 3.54. The minimum absolute atomic E-state index is 0.110. The summed E-state index contributed by atoms with van der Waals surface area (Å²) in [6.45, 7) is 0.688. The zero-order chi connectivity index (χ0) is 28.2. The lowest BCUT2D eigenvalue weighted by molar-refractivity contribution is -0.122. The van der Waals surface area contributed by atoms with Crippen LogP contribution in [0.3, 0.4) is 0 Å². The van der Waals surface area contributed by atoms with E-state index in [1.807, 2.05) is 36.5 Å². The number of amides is 1. The minimum Gasteiger partial charge on any atom is -0.496 e. The lowest BCUT2D eigenvalue weighted by Gasteiger charge is -2.15. The van der Waals surface area contributed by atoms with E-state index in [0.29, 0.717) is 40.3 Å². The predicted molar refractivity (Wildman–Crippen MR) is 160 cm³/mol. The van der Waals surface area contributed by atoms with Crippen molar-refractivity contribution < 1.29 is 28.9 Å². The molecule has 0 aliphatic carbocycles. The second kappa shape index (κ2) is 11.8. The van der Waals surface area contributed by atoms with Crippen LogP contribution in [0.4, 0.5) is 0 Å². The number of aromatic nitrogens is 1. The molecule has 0 radical (unpaired) electrons. The van der Waals surface area contributed by atoms with Crippen LogP contribution in [0.5, 0.6) is 17.2 Å². The normalized spacial score (nSPS) is 14.2. The number of nitrogens with zero attached hydrogens (tertiary/aromatic N) is 1. The van der Waals surface area contributed by atoms with Crippen LogP contribution in [0.1, 0.15) is 22.3 Å². The van der Waals surface area contributed by atoms with Crippen LogP contribution < -0.4 is 14.2 Å². The van der Waals surface area contributed by atoms with E-state index in [0.717, 1.165) is 33.3 Å². The fraction of sp³-hybridized carbons (Fsp3) is 0.167. The van der Waals surface area contributed by atoms with E-state index in [-0.39, 0.29) is 11.5 Å². The van der Waals surface area contributed by atoms with Crippen molar-refractivity contribution >= 4 is 57.2 Å². The number of aromatic carboxylic acids is 1.